The molecule has 1 atom stereocenters. The molecule has 0 radical (unpaired) electrons. The fourth-order valence-corrected chi connectivity index (χ4v) is 3.17. The molecular formula is C18H29ClN4O. The summed E-state index contributed by atoms with van der Waals surface area (Å²) < 4.78 is 5.31. The highest BCUT2D eigenvalue weighted by atomic mass is 35.5. The van der Waals surface area contributed by atoms with Crippen molar-refractivity contribution in [1.82, 2.24) is 10.2 Å². The number of benzene rings is 1. The Labute approximate surface area is 150 Å². The zero-order chi connectivity index (χ0) is 17.2. The quantitative estimate of drug-likeness (QED) is 0.407. The first-order valence-electron chi connectivity index (χ1n) is 8.81. The second-order valence-electron chi connectivity index (χ2n) is 6.02. The zero-order valence-electron chi connectivity index (χ0n) is 14.5. The van der Waals surface area contributed by atoms with Crippen molar-refractivity contribution in [2.75, 3.05) is 39.4 Å². The average Bonchev–Trinajstić information content (AvgIpc) is 3.09. The van der Waals surface area contributed by atoms with Crippen molar-refractivity contribution in [3.05, 3.63) is 34.9 Å². The van der Waals surface area contributed by atoms with Crippen LogP contribution in [0.3, 0.4) is 0 Å². The van der Waals surface area contributed by atoms with Gasteiger partial charge in [-0.3, -0.25) is 9.89 Å². The number of likely N-dealkylation sites (tertiary alicyclic amines) is 1. The topological polar surface area (TPSA) is 62.9 Å². The van der Waals surface area contributed by atoms with Gasteiger partial charge in [-0.15, -0.1) is 0 Å². The number of rotatable bonds is 9. The van der Waals surface area contributed by atoms with Gasteiger partial charge in [-0.2, -0.15) is 0 Å². The number of hydrogen-bond donors (Lipinski definition) is 2. The lowest BCUT2D eigenvalue weighted by molar-refractivity contribution is 0.145. The Kier molecular flexibility index (Phi) is 8.36. The molecule has 1 aromatic rings. The van der Waals surface area contributed by atoms with Gasteiger partial charge in [-0.1, -0.05) is 23.7 Å². The van der Waals surface area contributed by atoms with E-state index in [1.165, 1.54) is 18.4 Å². The third-order valence-corrected chi connectivity index (χ3v) is 4.46. The first-order chi connectivity index (χ1) is 11.7. The molecule has 1 unspecified atom stereocenters. The maximum absolute atomic E-state index is 6.17. The van der Waals surface area contributed by atoms with Crippen LogP contribution in [-0.2, 0) is 4.74 Å². The van der Waals surface area contributed by atoms with E-state index in [0.29, 0.717) is 12.5 Å². The van der Waals surface area contributed by atoms with Gasteiger partial charge in [0.1, 0.15) is 0 Å². The van der Waals surface area contributed by atoms with Crippen LogP contribution in [0.4, 0.5) is 0 Å². The van der Waals surface area contributed by atoms with Gasteiger partial charge in [0.2, 0.25) is 0 Å². The summed E-state index contributed by atoms with van der Waals surface area (Å²) in [5.74, 6) is 0.498. The van der Waals surface area contributed by atoms with Gasteiger partial charge in [0.25, 0.3) is 0 Å². The van der Waals surface area contributed by atoms with Gasteiger partial charge < -0.3 is 15.8 Å². The van der Waals surface area contributed by atoms with Crippen molar-refractivity contribution in [1.29, 1.82) is 0 Å². The number of nitrogens with one attached hydrogen (secondary N) is 1. The lowest BCUT2D eigenvalue weighted by Gasteiger charge is -2.26. The highest BCUT2D eigenvalue weighted by molar-refractivity contribution is 6.30. The summed E-state index contributed by atoms with van der Waals surface area (Å²) in [5.41, 5.74) is 7.20. The van der Waals surface area contributed by atoms with Crippen LogP contribution in [0.2, 0.25) is 5.02 Å². The fraction of sp³-hybridized carbons (Fsp3) is 0.611. The SMILES string of the molecule is CCOCCCNC(N)=NCC(c1cccc(Cl)c1)N1CCCC1. The van der Waals surface area contributed by atoms with E-state index in [4.69, 9.17) is 22.1 Å². The lowest BCUT2D eigenvalue weighted by atomic mass is 10.1. The van der Waals surface area contributed by atoms with Gasteiger partial charge in [-0.05, 0) is 57.0 Å². The van der Waals surface area contributed by atoms with Crippen LogP contribution in [0.5, 0.6) is 0 Å². The number of guanidine groups is 1. The predicted octanol–water partition coefficient (Wildman–Crippen LogP) is 2.81. The molecule has 0 aliphatic carbocycles. The van der Waals surface area contributed by atoms with Crippen LogP contribution in [0.25, 0.3) is 0 Å². The van der Waals surface area contributed by atoms with E-state index in [1.807, 2.05) is 25.1 Å². The molecule has 1 heterocycles. The largest absolute Gasteiger partial charge is 0.382 e. The highest BCUT2D eigenvalue weighted by Gasteiger charge is 2.23. The van der Waals surface area contributed by atoms with Gasteiger partial charge >= 0.3 is 0 Å². The van der Waals surface area contributed by atoms with Crippen molar-refractivity contribution < 1.29 is 4.74 Å². The molecule has 0 bridgehead atoms. The van der Waals surface area contributed by atoms with Crippen LogP contribution in [0, 0.1) is 0 Å². The Morgan fingerprint density at radius 1 is 1.42 bits per heavy atom. The van der Waals surface area contributed by atoms with Crippen molar-refractivity contribution >= 4 is 17.6 Å². The monoisotopic (exact) mass is 352 g/mol. The molecule has 1 fully saturated rings. The third kappa shape index (κ3) is 6.30. The molecule has 1 saturated heterocycles. The molecule has 6 heteroatoms. The molecule has 1 aromatic carbocycles. The summed E-state index contributed by atoms with van der Waals surface area (Å²) in [5, 5.41) is 3.92. The molecule has 2 rings (SSSR count). The van der Waals surface area contributed by atoms with Crippen molar-refractivity contribution in [3.63, 3.8) is 0 Å². The van der Waals surface area contributed by atoms with Gasteiger partial charge in [-0.25, -0.2) is 0 Å². The summed E-state index contributed by atoms with van der Waals surface area (Å²) >= 11 is 6.17. The van der Waals surface area contributed by atoms with Crippen molar-refractivity contribution in [2.24, 2.45) is 10.7 Å². The maximum atomic E-state index is 6.17. The van der Waals surface area contributed by atoms with E-state index in [2.05, 4.69) is 21.3 Å². The van der Waals surface area contributed by atoms with E-state index < -0.39 is 0 Å². The average molecular weight is 353 g/mol. The van der Waals surface area contributed by atoms with E-state index in [9.17, 15) is 0 Å². The van der Waals surface area contributed by atoms with Crippen molar-refractivity contribution in [2.45, 2.75) is 32.2 Å². The minimum atomic E-state index is 0.231. The molecule has 24 heavy (non-hydrogen) atoms. The molecule has 1 aliphatic rings. The maximum Gasteiger partial charge on any atom is 0.188 e. The molecule has 0 spiro atoms. The number of nitrogens with zero attached hydrogens (tertiary/aromatic N) is 2. The molecule has 5 nitrogen and oxygen atoms in total. The van der Waals surface area contributed by atoms with Crippen LogP contribution < -0.4 is 11.1 Å². The second kappa shape index (κ2) is 10.5. The number of nitrogens with two attached hydrogens (primary N) is 1. The third-order valence-electron chi connectivity index (χ3n) is 4.23. The van der Waals surface area contributed by atoms with E-state index in [-0.39, 0.29) is 6.04 Å². The highest BCUT2D eigenvalue weighted by Crippen LogP contribution is 2.27. The zero-order valence-corrected chi connectivity index (χ0v) is 15.3. The number of aliphatic imine (C=N–C) groups is 1. The van der Waals surface area contributed by atoms with Crippen LogP contribution in [-0.4, -0.2) is 50.3 Å². The molecule has 134 valence electrons. The number of ether oxygens (including phenoxy) is 1. The van der Waals surface area contributed by atoms with Crippen LogP contribution in [0.1, 0.15) is 37.8 Å². The van der Waals surface area contributed by atoms with Crippen molar-refractivity contribution in [3.8, 4) is 0 Å². The Bertz CT molecular complexity index is 517. The summed E-state index contributed by atoms with van der Waals surface area (Å²) in [6.45, 7) is 7.13. The Hall–Kier alpha value is -1.30. The first kappa shape index (κ1) is 19.0. The number of hydrogen-bond acceptors (Lipinski definition) is 3. The Balaban J connectivity index is 1.91. The Morgan fingerprint density at radius 2 is 2.21 bits per heavy atom. The fourth-order valence-electron chi connectivity index (χ4n) is 2.97. The van der Waals surface area contributed by atoms with Gasteiger partial charge in [0.05, 0.1) is 12.6 Å². The summed E-state index contributed by atoms with van der Waals surface area (Å²) in [4.78, 5) is 7.02. The van der Waals surface area contributed by atoms with Gasteiger partial charge in [0, 0.05) is 24.8 Å². The summed E-state index contributed by atoms with van der Waals surface area (Å²) in [6, 6.07) is 8.29. The van der Waals surface area contributed by atoms with E-state index in [1.54, 1.807) is 0 Å². The molecule has 0 saturated carbocycles. The lowest BCUT2D eigenvalue weighted by Crippen LogP contribution is -2.35. The van der Waals surface area contributed by atoms with Crippen LogP contribution >= 0.6 is 11.6 Å². The van der Waals surface area contributed by atoms with Gasteiger partial charge in [0.15, 0.2) is 5.96 Å². The second-order valence-corrected chi connectivity index (χ2v) is 6.45. The first-order valence-corrected chi connectivity index (χ1v) is 9.19. The van der Waals surface area contributed by atoms with E-state index >= 15 is 0 Å². The summed E-state index contributed by atoms with van der Waals surface area (Å²) in [6.07, 6.45) is 3.41. The Morgan fingerprint density at radius 3 is 2.92 bits per heavy atom. The molecular weight excluding hydrogens is 324 g/mol. The standard InChI is InChI=1S/C18H29ClN4O/c1-2-24-12-6-9-21-18(20)22-14-17(23-10-3-4-11-23)15-7-5-8-16(19)13-15/h5,7-8,13,17H,2-4,6,9-12,14H2,1H3,(H3,20,21,22). The number of halogens is 1. The predicted molar refractivity (Wildman–Crippen MR) is 101 cm³/mol. The minimum absolute atomic E-state index is 0.231. The molecule has 1 aliphatic heterocycles. The van der Waals surface area contributed by atoms with E-state index in [0.717, 1.165) is 44.3 Å². The van der Waals surface area contributed by atoms with Crippen LogP contribution in [0.15, 0.2) is 29.3 Å². The summed E-state index contributed by atoms with van der Waals surface area (Å²) in [7, 11) is 0. The normalized spacial score (nSPS) is 17.2. The minimum Gasteiger partial charge on any atom is -0.382 e. The molecule has 0 amide bonds. The molecule has 0 aromatic heterocycles. The molecule has 3 N–H and O–H groups in total. The smallest absolute Gasteiger partial charge is 0.188 e.